The van der Waals surface area contributed by atoms with Gasteiger partial charge in [0.2, 0.25) is 5.95 Å². The van der Waals surface area contributed by atoms with Crippen LogP contribution in [0.15, 0.2) is 233 Å². The van der Waals surface area contributed by atoms with Crippen LogP contribution >= 0.6 is 0 Å². The zero-order chi connectivity index (χ0) is 45.9. The zero-order valence-electron chi connectivity index (χ0n) is 37.4. The van der Waals surface area contributed by atoms with Crippen molar-refractivity contribution in [1.82, 2.24) is 24.1 Å². The summed E-state index contributed by atoms with van der Waals surface area (Å²) in [4.78, 5) is 15.7. The lowest BCUT2D eigenvalue weighted by molar-refractivity contribution is 0.668. The third-order valence-corrected chi connectivity index (χ3v) is 14.0. The Bertz CT molecular complexity index is 4600. The molecule has 0 saturated heterocycles. The van der Waals surface area contributed by atoms with E-state index in [0.29, 0.717) is 17.6 Å². The van der Waals surface area contributed by atoms with Crippen molar-refractivity contribution in [3.63, 3.8) is 0 Å². The molecule has 15 rings (SSSR count). The van der Waals surface area contributed by atoms with E-state index in [1.165, 1.54) is 21.8 Å². The maximum Gasteiger partial charge on any atom is 0.238 e. The fourth-order valence-electron chi connectivity index (χ4n) is 10.9. The van der Waals surface area contributed by atoms with Crippen molar-refractivity contribution in [2.75, 3.05) is 0 Å². The number of fused-ring (bicyclic) bond motifs is 12. The molecular formula is C63H37N5O2. The number of nitrogens with zero attached hydrogens (tertiary/aromatic N) is 5. The van der Waals surface area contributed by atoms with Gasteiger partial charge >= 0.3 is 0 Å². The molecule has 0 amide bonds. The lowest BCUT2D eigenvalue weighted by atomic mass is 9.96. The van der Waals surface area contributed by atoms with Gasteiger partial charge < -0.3 is 13.4 Å². The van der Waals surface area contributed by atoms with Crippen molar-refractivity contribution in [3.05, 3.63) is 224 Å². The Morgan fingerprint density at radius 2 is 0.786 bits per heavy atom. The van der Waals surface area contributed by atoms with Crippen molar-refractivity contribution < 1.29 is 8.83 Å². The molecule has 0 N–H and O–H groups in total. The third kappa shape index (κ3) is 5.79. The minimum atomic E-state index is 0.533. The molecule has 0 radical (unpaired) electrons. The molecule has 0 bridgehead atoms. The van der Waals surface area contributed by atoms with Gasteiger partial charge in [0.05, 0.1) is 22.1 Å². The Morgan fingerprint density at radius 1 is 0.286 bits per heavy atom. The summed E-state index contributed by atoms with van der Waals surface area (Å²) in [6, 6.07) is 78.6. The predicted molar refractivity (Wildman–Crippen MR) is 285 cm³/mol. The summed E-state index contributed by atoms with van der Waals surface area (Å²) in [6.45, 7) is 0. The average molecular weight is 896 g/mol. The van der Waals surface area contributed by atoms with Gasteiger partial charge in [0.1, 0.15) is 22.3 Å². The van der Waals surface area contributed by atoms with E-state index in [4.69, 9.17) is 23.8 Å². The number of rotatable bonds is 6. The maximum atomic E-state index is 6.61. The first-order valence-corrected chi connectivity index (χ1v) is 23.5. The molecule has 0 aliphatic heterocycles. The molecule has 7 nitrogen and oxygen atoms in total. The zero-order valence-corrected chi connectivity index (χ0v) is 37.4. The first kappa shape index (κ1) is 38.5. The standard InChI is InChI=1S/C63H37N5O2/c1-3-15-38(16-4-1)61-64-62(47-23-14-28-58-60(47)46-21-9-12-26-55(46)69-58)66-63(65-61)68-52-25-11-8-20-45(52)49-37-41(30-33-54(49)68)43-22-13-27-57-59(43)50-36-40(31-34-56(50)70-57)39-29-32-53-48(35-39)44-19-7-10-24-51(44)67(53)42-17-5-2-6-18-42/h1-37H. The summed E-state index contributed by atoms with van der Waals surface area (Å²) >= 11 is 0. The van der Waals surface area contributed by atoms with E-state index < -0.39 is 0 Å². The monoisotopic (exact) mass is 895 g/mol. The molecule has 0 aliphatic carbocycles. The number of benzene rings is 10. The van der Waals surface area contributed by atoms with E-state index in [2.05, 4.69) is 173 Å². The van der Waals surface area contributed by atoms with E-state index in [1.54, 1.807) is 0 Å². The van der Waals surface area contributed by atoms with Crippen LogP contribution in [0.25, 0.3) is 144 Å². The van der Waals surface area contributed by atoms with E-state index in [1.807, 2.05) is 60.7 Å². The van der Waals surface area contributed by atoms with Crippen LogP contribution in [0.4, 0.5) is 0 Å². The Kier molecular flexibility index (Phi) is 8.23. The van der Waals surface area contributed by atoms with Crippen LogP contribution in [0.1, 0.15) is 0 Å². The fourth-order valence-corrected chi connectivity index (χ4v) is 10.9. The number of hydrogen-bond acceptors (Lipinski definition) is 5. The minimum absolute atomic E-state index is 0.533. The largest absolute Gasteiger partial charge is 0.456 e. The second-order valence-electron chi connectivity index (χ2n) is 17.9. The van der Waals surface area contributed by atoms with Crippen molar-refractivity contribution in [2.45, 2.75) is 0 Å². The summed E-state index contributed by atoms with van der Waals surface area (Å²) in [7, 11) is 0. The molecule has 0 saturated carbocycles. The van der Waals surface area contributed by atoms with Crippen LogP contribution in [0, 0.1) is 0 Å². The van der Waals surface area contributed by atoms with Gasteiger partial charge in [0, 0.05) is 59.9 Å². The number of aromatic nitrogens is 5. The quantitative estimate of drug-likeness (QED) is 0.166. The van der Waals surface area contributed by atoms with Crippen molar-refractivity contribution in [3.8, 4) is 56.7 Å². The number of hydrogen-bond donors (Lipinski definition) is 0. The van der Waals surface area contributed by atoms with Crippen LogP contribution < -0.4 is 0 Å². The fraction of sp³-hybridized carbons (Fsp3) is 0. The van der Waals surface area contributed by atoms with Gasteiger partial charge in [0.15, 0.2) is 11.6 Å². The molecule has 5 aromatic heterocycles. The van der Waals surface area contributed by atoms with Crippen LogP contribution in [0.5, 0.6) is 0 Å². The SMILES string of the molecule is c1ccc(-c2nc(-c3cccc4oc5ccccc5c34)nc(-n3c4ccccc4c4cc(-c5cccc6oc7ccc(-c8ccc9c(c8)c8ccccc8n9-c8ccccc8)cc7c56)ccc43)n2)cc1. The van der Waals surface area contributed by atoms with Gasteiger partial charge in [-0.2, -0.15) is 9.97 Å². The second kappa shape index (κ2) is 15.0. The second-order valence-corrected chi connectivity index (χ2v) is 17.9. The minimum Gasteiger partial charge on any atom is -0.456 e. The highest BCUT2D eigenvalue weighted by Gasteiger charge is 2.22. The van der Waals surface area contributed by atoms with E-state index in [-0.39, 0.29) is 0 Å². The highest BCUT2D eigenvalue weighted by atomic mass is 16.3. The Hall–Kier alpha value is -9.59. The molecule has 0 aliphatic rings. The summed E-state index contributed by atoms with van der Waals surface area (Å²) < 4.78 is 17.5. The molecule has 0 spiro atoms. The van der Waals surface area contributed by atoms with Crippen LogP contribution in [-0.2, 0) is 0 Å². The Morgan fingerprint density at radius 3 is 1.53 bits per heavy atom. The van der Waals surface area contributed by atoms with Crippen molar-refractivity contribution in [1.29, 1.82) is 0 Å². The van der Waals surface area contributed by atoms with Crippen LogP contribution in [0.3, 0.4) is 0 Å². The Labute approximate surface area is 399 Å². The molecule has 7 heteroatoms. The van der Waals surface area contributed by atoms with Gasteiger partial charge in [-0.15, -0.1) is 0 Å². The molecule has 10 aromatic carbocycles. The van der Waals surface area contributed by atoms with Gasteiger partial charge in [-0.1, -0.05) is 146 Å². The Balaban J connectivity index is 0.895. The molecular weight excluding hydrogens is 859 g/mol. The first-order valence-electron chi connectivity index (χ1n) is 23.5. The third-order valence-electron chi connectivity index (χ3n) is 14.0. The predicted octanol–water partition coefficient (Wildman–Crippen LogP) is 16.5. The molecule has 15 aromatic rings. The average Bonchev–Trinajstić information content (AvgIpc) is 4.18. The summed E-state index contributed by atoms with van der Waals surface area (Å²) in [6.07, 6.45) is 0. The summed E-state index contributed by atoms with van der Waals surface area (Å²) in [5.41, 5.74) is 15.1. The molecule has 0 atom stereocenters. The molecule has 70 heavy (non-hydrogen) atoms. The van der Waals surface area contributed by atoms with Gasteiger partial charge in [0.25, 0.3) is 0 Å². The molecule has 326 valence electrons. The van der Waals surface area contributed by atoms with Crippen LogP contribution in [-0.4, -0.2) is 24.1 Å². The van der Waals surface area contributed by atoms with E-state index in [9.17, 15) is 0 Å². The normalized spacial score (nSPS) is 12.0. The van der Waals surface area contributed by atoms with Crippen molar-refractivity contribution >= 4 is 87.5 Å². The highest BCUT2D eigenvalue weighted by molar-refractivity contribution is 6.17. The van der Waals surface area contributed by atoms with Gasteiger partial charge in [-0.05, 0) is 101 Å². The molecule has 5 heterocycles. The lowest BCUT2D eigenvalue weighted by Crippen LogP contribution is -2.06. The number of furan rings is 2. The highest BCUT2D eigenvalue weighted by Crippen LogP contribution is 2.43. The van der Waals surface area contributed by atoms with E-state index in [0.717, 1.165) is 105 Å². The summed E-state index contributed by atoms with van der Waals surface area (Å²) in [5, 5.41) is 8.78. The topological polar surface area (TPSA) is 74.8 Å². The van der Waals surface area contributed by atoms with Gasteiger partial charge in [-0.25, -0.2) is 4.98 Å². The molecule has 0 fully saturated rings. The smallest absolute Gasteiger partial charge is 0.238 e. The summed E-state index contributed by atoms with van der Waals surface area (Å²) in [5.74, 6) is 1.69. The first-order chi connectivity index (χ1) is 34.7. The molecule has 0 unspecified atom stereocenters. The number of para-hydroxylation sites is 4. The van der Waals surface area contributed by atoms with E-state index >= 15 is 0 Å². The van der Waals surface area contributed by atoms with Gasteiger partial charge in [-0.3, -0.25) is 4.57 Å². The van der Waals surface area contributed by atoms with Crippen molar-refractivity contribution in [2.24, 2.45) is 0 Å². The maximum absolute atomic E-state index is 6.61. The van der Waals surface area contributed by atoms with Crippen LogP contribution in [0.2, 0.25) is 0 Å². The lowest BCUT2D eigenvalue weighted by Gasteiger charge is -2.11.